The van der Waals surface area contributed by atoms with Crippen molar-refractivity contribution in [3.8, 4) is 5.75 Å². The third-order valence-corrected chi connectivity index (χ3v) is 3.42. The van der Waals surface area contributed by atoms with E-state index < -0.39 is 10.0 Å². The van der Waals surface area contributed by atoms with Crippen molar-refractivity contribution in [2.75, 3.05) is 6.54 Å². The zero-order valence-corrected chi connectivity index (χ0v) is 7.84. The van der Waals surface area contributed by atoms with Crippen molar-refractivity contribution in [1.82, 2.24) is 4.72 Å². The first-order valence-electron chi connectivity index (χ1n) is 3.86. The molecule has 5 nitrogen and oxygen atoms in total. The van der Waals surface area contributed by atoms with Gasteiger partial charge in [-0.05, 0) is 12.1 Å². The molecule has 0 fully saturated rings. The highest BCUT2D eigenvalue weighted by Crippen LogP contribution is 2.24. The molecule has 0 bridgehead atoms. The lowest BCUT2D eigenvalue weighted by molar-refractivity contribution is 0.0990. The van der Waals surface area contributed by atoms with Crippen LogP contribution in [0.3, 0.4) is 0 Å². The average Bonchev–Trinajstić information content (AvgIpc) is 2.12. The van der Waals surface area contributed by atoms with E-state index in [1.54, 1.807) is 0 Å². The first-order chi connectivity index (χ1) is 6.50. The highest BCUT2D eigenvalue weighted by atomic mass is 32.2. The molecule has 1 heterocycles. The molecule has 1 aliphatic heterocycles. The maximum atomic E-state index is 11.4. The minimum Gasteiger partial charge on any atom is -0.508 e. The molecule has 1 aromatic rings. The van der Waals surface area contributed by atoms with Crippen molar-refractivity contribution in [3.63, 3.8) is 0 Å². The molecule has 0 saturated carbocycles. The number of rotatable bonds is 0. The molecule has 0 saturated heterocycles. The van der Waals surface area contributed by atoms with Gasteiger partial charge in [-0.15, -0.1) is 0 Å². The average molecular weight is 213 g/mol. The summed E-state index contributed by atoms with van der Waals surface area (Å²) in [7, 11) is -3.63. The first-order valence-corrected chi connectivity index (χ1v) is 5.35. The summed E-state index contributed by atoms with van der Waals surface area (Å²) in [5, 5.41) is 9.10. The maximum Gasteiger partial charge on any atom is 0.241 e. The number of carbonyl (C=O) groups excluding carboxylic acids is 1. The highest BCUT2D eigenvalue weighted by Gasteiger charge is 2.28. The van der Waals surface area contributed by atoms with Crippen molar-refractivity contribution in [1.29, 1.82) is 0 Å². The van der Waals surface area contributed by atoms with Gasteiger partial charge in [0.15, 0.2) is 5.78 Å². The lowest BCUT2D eigenvalue weighted by Crippen LogP contribution is -2.36. The van der Waals surface area contributed by atoms with Gasteiger partial charge in [0, 0.05) is 11.6 Å². The van der Waals surface area contributed by atoms with E-state index in [0.29, 0.717) is 0 Å². The smallest absolute Gasteiger partial charge is 0.241 e. The van der Waals surface area contributed by atoms with Crippen molar-refractivity contribution < 1.29 is 18.3 Å². The van der Waals surface area contributed by atoms with E-state index in [4.69, 9.17) is 5.11 Å². The Labute approximate surface area is 80.4 Å². The summed E-state index contributed by atoms with van der Waals surface area (Å²) in [5.41, 5.74) is 0.126. The molecule has 74 valence electrons. The van der Waals surface area contributed by atoms with Crippen LogP contribution in [0.15, 0.2) is 23.1 Å². The van der Waals surface area contributed by atoms with E-state index in [1.165, 1.54) is 12.1 Å². The number of phenolic OH excluding ortho intramolecular Hbond substituents is 1. The number of hydrogen-bond donors (Lipinski definition) is 2. The maximum absolute atomic E-state index is 11.4. The Morgan fingerprint density at radius 1 is 1.36 bits per heavy atom. The molecule has 2 N–H and O–H groups in total. The highest BCUT2D eigenvalue weighted by molar-refractivity contribution is 7.89. The van der Waals surface area contributed by atoms with Crippen LogP contribution in [0.1, 0.15) is 10.4 Å². The van der Waals surface area contributed by atoms with Gasteiger partial charge >= 0.3 is 0 Å². The molecule has 0 atom stereocenters. The van der Waals surface area contributed by atoms with Gasteiger partial charge in [-0.1, -0.05) is 0 Å². The van der Waals surface area contributed by atoms with Crippen LogP contribution in [0.5, 0.6) is 5.75 Å². The van der Waals surface area contributed by atoms with Crippen LogP contribution in [0, 0.1) is 0 Å². The normalized spacial score (nSPS) is 19.0. The van der Waals surface area contributed by atoms with Gasteiger partial charge in [-0.25, -0.2) is 13.1 Å². The van der Waals surface area contributed by atoms with Crippen LogP contribution in [-0.4, -0.2) is 25.9 Å². The summed E-state index contributed by atoms with van der Waals surface area (Å²) < 4.78 is 24.9. The van der Waals surface area contributed by atoms with Crippen molar-refractivity contribution in [3.05, 3.63) is 23.8 Å². The van der Waals surface area contributed by atoms with Gasteiger partial charge in [-0.2, -0.15) is 0 Å². The number of aromatic hydroxyl groups is 1. The van der Waals surface area contributed by atoms with Gasteiger partial charge in [-0.3, -0.25) is 4.79 Å². The SMILES string of the molecule is O=C1CNS(=O)(=O)c2cc(O)ccc21. The van der Waals surface area contributed by atoms with Crippen LogP contribution >= 0.6 is 0 Å². The van der Waals surface area contributed by atoms with E-state index in [-0.39, 0.29) is 28.5 Å². The zero-order valence-electron chi connectivity index (χ0n) is 7.02. The number of ketones is 1. The quantitative estimate of drug-likeness (QED) is 0.628. The Morgan fingerprint density at radius 3 is 2.79 bits per heavy atom. The Hall–Kier alpha value is -1.40. The van der Waals surface area contributed by atoms with Crippen molar-refractivity contribution in [2.45, 2.75) is 4.90 Å². The number of hydrogen-bond acceptors (Lipinski definition) is 4. The lowest BCUT2D eigenvalue weighted by atomic mass is 10.1. The second-order valence-corrected chi connectivity index (χ2v) is 4.66. The molecule has 2 rings (SSSR count). The van der Waals surface area contributed by atoms with Gasteiger partial charge in [0.25, 0.3) is 0 Å². The van der Waals surface area contributed by atoms with E-state index in [2.05, 4.69) is 4.72 Å². The second kappa shape index (κ2) is 2.79. The van der Waals surface area contributed by atoms with Gasteiger partial charge < -0.3 is 5.11 Å². The fourth-order valence-corrected chi connectivity index (χ4v) is 2.52. The summed E-state index contributed by atoms with van der Waals surface area (Å²) in [6.45, 7) is -0.222. The molecule has 0 aliphatic carbocycles. The number of benzene rings is 1. The summed E-state index contributed by atoms with van der Waals surface area (Å²) in [5.74, 6) is -0.473. The number of carbonyl (C=O) groups is 1. The Balaban J connectivity index is 2.77. The van der Waals surface area contributed by atoms with E-state index in [9.17, 15) is 13.2 Å². The van der Waals surface area contributed by atoms with Crippen molar-refractivity contribution in [2.24, 2.45) is 0 Å². The van der Waals surface area contributed by atoms with E-state index in [1.807, 2.05) is 0 Å². The Morgan fingerprint density at radius 2 is 2.07 bits per heavy atom. The molecule has 0 spiro atoms. The summed E-state index contributed by atoms with van der Waals surface area (Å²) in [6, 6.07) is 3.66. The van der Waals surface area contributed by atoms with Crippen LogP contribution in [0.4, 0.5) is 0 Å². The number of fused-ring (bicyclic) bond motifs is 1. The number of sulfonamides is 1. The topological polar surface area (TPSA) is 83.5 Å². The fourth-order valence-electron chi connectivity index (χ4n) is 1.30. The Kier molecular flexibility index (Phi) is 1.83. The van der Waals surface area contributed by atoms with Crippen LogP contribution in [0.2, 0.25) is 0 Å². The predicted molar refractivity (Wildman–Crippen MR) is 47.6 cm³/mol. The molecule has 0 amide bonds. The molecule has 0 unspecified atom stereocenters. The molecular weight excluding hydrogens is 206 g/mol. The van der Waals surface area contributed by atoms with E-state index >= 15 is 0 Å². The summed E-state index contributed by atoms with van der Waals surface area (Å²) >= 11 is 0. The molecular formula is C8H7NO4S. The summed E-state index contributed by atoms with van der Waals surface area (Å²) in [4.78, 5) is 11.1. The third kappa shape index (κ3) is 1.28. The van der Waals surface area contributed by atoms with E-state index in [0.717, 1.165) is 6.07 Å². The van der Waals surface area contributed by atoms with Crippen molar-refractivity contribution >= 4 is 15.8 Å². The number of phenols is 1. The molecule has 0 radical (unpaired) electrons. The third-order valence-electron chi connectivity index (χ3n) is 1.98. The Bertz CT molecular complexity index is 506. The predicted octanol–water partition coefficient (Wildman–Crippen LogP) is -0.133. The molecule has 6 heteroatoms. The summed E-state index contributed by atoms with van der Waals surface area (Å²) in [6.07, 6.45) is 0. The van der Waals surface area contributed by atoms with Gasteiger partial charge in [0.05, 0.1) is 11.4 Å². The minimum atomic E-state index is -3.63. The molecule has 1 aliphatic rings. The zero-order chi connectivity index (χ0) is 10.3. The largest absolute Gasteiger partial charge is 0.508 e. The molecule has 1 aromatic carbocycles. The number of Topliss-reactive ketones (excluding diaryl/α,β-unsaturated/α-hetero) is 1. The monoisotopic (exact) mass is 213 g/mol. The molecule has 14 heavy (non-hydrogen) atoms. The van der Waals surface area contributed by atoms with Gasteiger partial charge in [0.2, 0.25) is 10.0 Å². The fraction of sp³-hybridized carbons (Fsp3) is 0.125. The first kappa shape index (κ1) is 9.17. The minimum absolute atomic E-state index is 0.126. The standard InChI is InChI=1S/C8H7NO4S/c10-5-1-2-6-7(11)4-9-14(12,13)8(6)3-5/h1-3,9-10H,4H2. The van der Waals surface area contributed by atoms with Crippen LogP contribution in [0.25, 0.3) is 0 Å². The van der Waals surface area contributed by atoms with Crippen LogP contribution in [-0.2, 0) is 10.0 Å². The number of nitrogens with one attached hydrogen (secondary N) is 1. The molecule has 0 aromatic heterocycles. The van der Waals surface area contributed by atoms with Crippen LogP contribution < -0.4 is 4.72 Å². The lowest BCUT2D eigenvalue weighted by Gasteiger charge is -2.15. The second-order valence-electron chi connectivity index (χ2n) is 2.93. The van der Waals surface area contributed by atoms with Gasteiger partial charge in [0.1, 0.15) is 5.75 Å².